The van der Waals surface area contributed by atoms with Crippen molar-refractivity contribution in [2.75, 3.05) is 0 Å². The second kappa shape index (κ2) is 11.1. The van der Waals surface area contributed by atoms with Gasteiger partial charge in [-0.1, -0.05) is 135 Å². The van der Waals surface area contributed by atoms with Crippen LogP contribution in [-0.2, 0) is 5.41 Å². The highest BCUT2D eigenvalue weighted by molar-refractivity contribution is 6.22. The molecule has 0 spiro atoms. The van der Waals surface area contributed by atoms with Crippen LogP contribution in [0.1, 0.15) is 47.8 Å². The third-order valence-corrected chi connectivity index (χ3v) is 11.3. The highest BCUT2D eigenvalue weighted by atomic mass is 16.3. The van der Waals surface area contributed by atoms with Crippen LogP contribution in [0.3, 0.4) is 0 Å². The number of rotatable bonds is 4. The molecule has 53 heavy (non-hydrogen) atoms. The predicted octanol–water partition coefficient (Wildman–Crippen LogP) is 11.5. The molecule has 1 aliphatic carbocycles. The minimum Gasteiger partial charge on any atom is -0.456 e. The summed E-state index contributed by atoms with van der Waals surface area (Å²) in [5.74, 6) is 1.47. The number of hydrogen-bond acceptors (Lipinski definition) is 4. The van der Waals surface area contributed by atoms with Gasteiger partial charge >= 0.3 is 0 Å². The highest BCUT2D eigenvalue weighted by Crippen LogP contribution is 2.53. The lowest BCUT2D eigenvalue weighted by molar-refractivity contribution is 0.661. The van der Waals surface area contributed by atoms with Gasteiger partial charge in [0, 0.05) is 49.8 Å². The molecule has 1 aliphatic heterocycles. The molecule has 1 atom stereocenters. The van der Waals surface area contributed by atoms with Crippen molar-refractivity contribution in [1.82, 2.24) is 9.88 Å². The molecule has 3 heterocycles. The van der Waals surface area contributed by atoms with E-state index in [2.05, 4.69) is 133 Å². The van der Waals surface area contributed by atoms with Gasteiger partial charge in [0.2, 0.25) is 0 Å². The van der Waals surface area contributed by atoms with Crippen molar-refractivity contribution in [3.63, 3.8) is 0 Å². The van der Waals surface area contributed by atoms with Crippen LogP contribution in [0, 0.1) is 0 Å². The van der Waals surface area contributed by atoms with Gasteiger partial charge in [-0.3, -0.25) is 0 Å². The Morgan fingerprint density at radius 3 is 2.23 bits per heavy atom. The summed E-state index contributed by atoms with van der Waals surface area (Å²) in [6, 6.07) is 55.7. The fourth-order valence-corrected chi connectivity index (χ4v) is 8.79. The molecular weight excluding hydrogens is 649 g/mol. The Labute approximate surface area is 306 Å². The molecule has 5 nitrogen and oxygen atoms in total. The predicted molar refractivity (Wildman–Crippen MR) is 217 cm³/mol. The number of benzene rings is 7. The van der Waals surface area contributed by atoms with Gasteiger partial charge in [-0.05, 0) is 58.1 Å². The van der Waals surface area contributed by atoms with E-state index in [0.717, 1.165) is 50.2 Å². The number of aromatic nitrogens is 1. The lowest BCUT2D eigenvalue weighted by atomic mass is 9.82. The van der Waals surface area contributed by atoms with E-state index in [-0.39, 0.29) is 11.6 Å². The first-order valence-corrected chi connectivity index (χ1v) is 18.2. The van der Waals surface area contributed by atoms with Crippen molar-refractivity contribution in [3.05, 3.63) is 186 Å². The maximum absolute atomic E-state index is 6.69. The molecule has 2 aromatic heterocycles. The second-order valence-electron chi connectivity index (χ2n) is 14.6. The lowest BCUT2D eigenvalue weighted by Crippen LogP contribution is -2.33. The highest BCUT2D eigenvalue weighted by Gasteiger charge is 2.37. The number of nitrogens with one attached hydrogen (secondary N) is 1. The van der Waals surface area contributed by atoms with E-state index < -0.39 is 0 Å². The number of amidine groups is 2. The van der Waals surface area contributed by atoms with Gasteiger partial charge in [0.15, 0.2) is 5.84 Å². The third kappa shape index (κ3) is 4.37. The van der Waals surface area contributed by atoms with E-state index in [0.29, 0.717) is 5.84 Å². The van der Waals surface area contributed by atoms with Crippen molar-refractivity contribution < 1.29 is 4.42 Å². The summed E-state index contributed by atoms with van der Waals surface area (Å²) >= 11 is 0. The molecule has 252 valence electrons. The van der Waals surface area contributed by atoms with Crippen molar-refractivity contribution in [1.29, 1.82) is 0 Å². The quantitative estimate of drug-likeness (QED) is 0.201. The monoisotopic (exact) mass is 682 g/mol. The van der Waals surface area contributed by atoms with Crippen LogP contribution < -0.4 is 5.32 Å². The Hall–Kier alpha value is -6.72. The Morgan fingerprint density at radius 1 is 0.604 bits per heavy atom. The first-order valence-electron chi connectivity index (χ1n) is 18.2. The van der Waals surface area contributed by atoms with Crippen LogP contribution in [0.15, 0.2) is 172 Å². The van der Waals surface area contributed by atoms with E-state index in [4.69, 9.17) is 14.4 Å². The van der Waals surface area contributed by atoms with E-state index in [9.17, 15) is 0 Å². The molecule has 0 saturated carbocycles. The van der Waals surface area contributed by atoms with Gasteiger partial charge in [-0.15, -0.1) is 0 Å². The summed E-state index contributed by atoms with van der Waals surface area (Å²) in [6.45, 7) is 4.69. The molecule has 11 rings (SSSR count). The van der Waals surface area contributed by atoms with Crippen LogP contribution in [0.25, 0.3) is 60.6 Å². The third-order valence-electron chi connectivity index (χ3n) is 11.3. The zero-order valence-corrected chi connectivity index (χ0v) is 29.3. The van der Waals surface area contributed by atoms with Crippen LogP contribution in [0.2, 0.25) is 0 Å². The maximum atomic E-state index is 6.69. The molecule has 5 heteroatoms. The number of fused-ring (bicyclic) bond motifs is 10. The SMILES string of the molecule is CC1(C)c2ccccc2-c2c1ccc1c2c2ccccc2n1-c1ccc2c(c1)oc1cccc(C3=NC(c4ccccc4)=NC(c4ccccc4)N3)c12. The summed E-state index contributed by atoms with van der Waals surface area (Å²) in [6.07, 6.45) is -0.284. The minimum absolute atomic E-state index is 0.0689. The van der Waals surface area contributed by atoms with Crippen LogP contribution in [0.5, 0.6) is 0 Å². The van der Waals surface area contributed by atoms with Gasteiger partial charge in [0.05, 0.1) is 11.0 Å². The lowest BCUT2D eigenvalue weighted by Gasteiger charge is -2.24. The Kier molecular flexibility index (Phi) is 6.30. The van der Waals surface area contributed by atoms with Crippen molar-refractivity contribution >= 4 is 55.4 Å². The standard InChI is InChI=1S/C48H34N4O/c1-48(2)36-21-11-9-18-32(36)43-37(48)26-27-39-44(43)33-19-10-12-22-38(33)52(39)31-24-25-34-41(28-31)53-40-23-13-20-35(42(34)40)47-50-45(29-14-5-3-6-15-29)49-46(51-47)30-16-7-4-8-17-30/h3-28,45H,1-2H3,(H,49,50,51). The molecule has 0 fully saturated rings. The Balaban J connectivity index is 1.09. The fraction of sp³-hybridized carbons (Fsp3) is 0.0833. The average molecular weight is 683 g/mol. The van der Waals surface area contributed by atoms with Crippen molar-refractivity contribution in [2.45, 2.75) is 25.4 Å². The normalized spacial score (nSPS) is 16.1. The summed E-state index contributed by atoms with van der Waals surface area (Å²) in [7, 11) is 0. The number of nitrogens with zero attached hydrogens (tertiary/aromatic N) is 3. The molecular formula is C48H34N4O. The van der Waals surface area contributed by atoms with Gasteiger partial charge < -0.3 is 14.3 Å². The van der Waals surface area contributed by atoms with Gasteiger partial charge in [-0.25, -0.2) is 9.98 Å². The molecule has 0 saturated heterocycles. The smallest absolute Gasteiger partial charge is 0.159 e. The summed E-state index contributed by atoms with van der Waals surface area (Å²) in [5, 5.41) is 8.28. The Bertz CT molecular complexity index is 3000. The van der Waals surface area contributed by atoms with Gasteiger partial charge in [0.25, 0.3) is 0 Å². The minimum atomic E-state index is -0.284. The maximum Gasteiger partial charge on any atom is 0.159 e. The van der Waals surface area contributed by atoms with Crippen molar-refractivity contribution in [3.8, 4) is 16.8 Å². The largest absolute Gasteiger partial charge is 0.456 e. The van der Waals surface area contributed by atoms with Gasteiger partial charge in [0.1, 0.15) is 23.2 Å². The number of aliphatic imine (C=N–C) groups is 2. The molecule has 0 radical (unpaired) electrons. The van der Waals surface area contributed by atoms with Crippen LogP contribution in [-0.4, -0.2) is 16.2 Å². The summed E-state index contributed by atoms with van der Waals surface area (Å²) < 4.78 is 9.09. The first-order chi connectivity index (χ1) is 26.0. The molecule has 0 bridgehead atoms. The zero-order valence-electron chi connectivity index (χ0n) is 29.3. The average Bonchev–Trinajstić information content (AvgIpc) is 3.83. The Morgan fingerprint density at radius 2 is 1.36 bits per heavy atom. The second-order valence-corrected chi connectivity index (χ2v) is 14.6. The van der Waals surface area contributed by atoms with Crippen LogP contribution >= 0.6 is 0 Å². The first kappa shape index (κ1) is 30.0. The van der Waals surface area contributed by atoms with E-state index >= 15 is 0 Å². The van der Waals surface area contributed by atoms with E-state index in [1.54, 1.807) is 0 Å². The fourth-order valence-electron chi connectivity index (χ4n) is 8.79. The summed E-state index contributed by atoms with van der Waals surface area (Å²) in [4.78, 5) is 10.2. The van der Waals surface area contributed by atoms with E-state index in [1.807, 2.05) is 48.5 Å². The molecule has 1 unspecified atom stereocenters. The molecule has 7 aromatic carbocycles. The zero-order chi connectivity index (χ0) is 35.3. The molecule has 0 amide bonds. The number of hydrogen-bond donors (Lipinski definition) is 1. The molecule has 9 aromatic rings. The number of para-hydroxylation sites is 1. The number of furan rings is 1. The van der Waals surface area contributed by atoms with Gasteiger partial charge in [-0.2, -0.15) is 0 Å². The molecule has 1 N–H and O–H groups in total. The topological polar surface area (TPSA) is 54.8 Å². The van der Waals surface area contributed by atoms with E-state index in [1.165, 1.54) is 44.1 Å². The van der Waals surface area contributed by atoms with Crippen LogP contribution in [0.4, 0.5) is 0 Å². The summed E-state index contributed by atoms with van der Waals surface area (Å²) in [5.41, 5.74) is 13.5. The molecule has 2 aliphatic rings. The van der Waals surface area contributed by atoms with Crippen molar-refractivity contribution in [2.24, 2.45) is 9.98 Å².